The largest absolute Gasteiger partial charge is 0.497 e. The smallest absolute Gasteiger partial charge is 0.119 e. The van der Waals surface area contributed by atoms with Crippen molar-refractivity contribution in [3.63, 3.8) is 0 Å². The predicted octanol–water partition coefficient (Wildman–Crippen LogP) is 4.46. The van der Waals surface area contributed by atoms with Crippen molar-refractivity contribution in [1.29, 1.82) is 0 Å². The van der Waals surface area contributed by atoms with Gasteiger partial charge in [0.15, 0.2) is 0 Å². The highest BCUT2D eigenvalue weighted by atomic mass is 79.9. The van der Waals surface area contributed by atoms with Crippen LogP contribution in [0.2, 0.25) is 0 Å². The molecule has 4 heteroatoms. The summed E-state index contributed by atoms with van der Waals surface area (Å²) >= 11 is 3.68. The number of nitrogens with one attached hydrogen (secondary N) is 1. The molecule has 2 atom stereocenters. The van der Waals surface area contributed by atoms with Gasteiger partial charge in [-0.2, -0.15) is 0 Å². The Labute approximate surface area is 136 Å². The van der Waals surface area contributed by atoms with Crippen LogP contribution in [0.25, 0.3) is 0 Å². The van der Waals surface area contributed by atoms with E-state index < -0.39 is 0 Å². The van der Waals surface area contributed by atoms with Gasteiger partial charge in [-0.15, -0.1) is 0 Å². The molecule has 118 valence electrons. The summed E-state index contributed by atoms with van der Waals surface area (Å²) in [6, 6.07) is 6.54. The third-order valence-electron chi connectivity index (χ3n) is 4.02. The summed E-state index contributed by atoms with van der Waals surface area (Å²) in [5.74, 6) is 0.911. The summed E-state index contributed by atoms with van der Waals surface area (Å²) in [7, 11) is 1.72. The van der Waals surface area contributed by atoms with E-state index in [2.05, 4.69) is 40.3 Å². The number of hydrogen-bond acceptors (Lipinski definition) is 3. The summed E-state index contributed by atoms with van der Waals surface area (Å²) < 4.78 is 12.3. The van der Waals surface area contributed by atoms with Crippen LogP contribution < -0.4 is 10.1 Å². The molecule has 0 saturated carbocycles. The molecule has 0 spiro atoms. The molecule has 21 heavy (non-hydrogen) atoms. The predicted molar refractivity (Wildman–Crippen MR) is 89.9 cm³/mol. The first-order valence-corrected chi connectivity index (χ1v) is 8.72. The molecule has 1 aromatic carbocycles. The van der Waals surface area contributed by atoms with Crippen LogP contribution in [0.3, 0.4) is 0 Å². The zero-order chi connectivity index (χ0) is 15.1. The van der Waals surface area contributed by atoms with E-state index in [1.165, 1.54) is 18.4 Å². The number of ether oxygens (including phenoxy) is 2. The summed E-state index contributed by atoms with van der Waals surface area (Å²) in [5, 5.41) is 3.66. The average molecular weight is 356 g/mol. The van der Waals surface area contributed by atoms with Crippen LogP contribution in [0.4, 0.5) is 0 Å². The van der Waals surface area contributed by atoms with Gasteiger partial charge in [0.25, 0.3) is 0 Å². The SMILES string of the molecule is CCCNC(CCC1CCCO1)c1cc(OC)ccc1Br. The Morgan fingerprint density at radius 3 is 3.00 bits per heavy atom. The Balaban J connectivity index is 2.06. The highest BCUT2D eigenvalue weighted by Gasteiger charge is 2.20. The van der Waals surface area contributed by atoms with Crippen LogP contribution >= 0.6 is 15.9 Å². The summed E-state index contributed by atoms with van der Waals surface area (Å²) in [4.78, 5) is 0. The van der Waals surface area contributed by atoms with Gasteiger partial charge in [-0.25, -0.2) is 0 Å². The first-order chi connectivity index (χ1) is 10.2. The highest BCUT2D eigenvalue weighted by molar-refractivity contribution is 9.10. The van der Waals surface area contributed by atoms with Crippen LogP contribution in [-0.4, -0.2) is 26.4 Å². The minimum Gasteiger partial charge on any atom is -0.497 e. The number of methoxy groups -OCH3 is 1. The van der Waals surface area contributed by atoms with Crippen molar-refractivity contribution in [2.75, 3.05) is 20.3 Å². The summed E-state index contributed by atoms with van der Waals surface area (Å²) in [6.07, 6.45) is 6.21. The minimum absolute atomic E-state index is 0.346. The molecule has 3 nitrogen and oxygen atoms in total. The van der Waals surface area contributed by atoms with Gasteiger partial charge in [0.2, 0.25) is 0 Å². The monoisotopic (exact) mass is 355 g/mol. The van der Waals surface area contributed by atoms with E-state index in [1.807, 2.05) is 6.07 Å². The Morgan fingerprint density at radius 1 is 1.48 bits per heavy atom. The maximum absolute atomic E-state index is 5.75. The van der Waals surface area contributed by atoms with E-state index in [4.69, 9.17) is 9.47 Å². The van der Waals surface area contributed by atoms with Crippen molar-refractivity contribution in [2.24, 2.45) is 0 Å². The minimum atomic E-state index is 0.346. The Morgan fingerprint density at radius 2 is 2.33 bits per heavy atom. The lowest BCUT2D eigenvalue weighted by Gasteiger charge is -2.22. The van der Waals surface area contributed by atoms with Crippen LogP contribution in [0, 0.1) is 0 Å². The maximum atomic E-state index is 5.75. The molecule has 1 fully saturated rings. The molecule has 2 rings (SSSR count). The summed E-state index contributed by atoms with van der Waals surface area (Å²) in [5.41, 5.74) is 1.28. The van der Waals surface area contributed by atoms with Crippen LogP contribution in [0.1, 0.15) is 50.6 Å². The maximum Gasteiger partial charge on any atom is 0.119 e. The van der Waals surface area contributed by atoms with Gasteiger partial charge < -0.3 is 14.8 Å². The van der Waals surface area contributed by atoms with Crippen LogP contribution in [0.5, 0.6) is 5.75 Å². The van der Waals surface area contributed by atoms with Crippen molar-refractivity contribution < 1.29 is 9.47 Å². The lowest BCUT2D eigenvalue weighted by Crippen LogP contribution is -2.24. The molecule has 0 amide bonds. The molecule has 0 bridgehead atoms. The fourth-order valence-electron chi connectivity index (χ4n) is 2.83. The van der Waals surface area contributed by atoms with Gasteiger partial charge in [0.05, 0.1) is 13.2 Å². The molecule has 1 heterocycles. The first-order valence-electron chi connectivity index (χ1n) is 7.93. The van der Waals surface area contributed by atoms with E-state index in [-0.39, 0.29) is 0 Å². The molecule has 0 radical (unpaired) electrons. The quantitative estimate of drug-likeness (QED) is 0.746. The normalized spacial score (nSPS) is 19.7. The molecule has 2 unspecified atom stereocenters. The Bertz CT molecular complexity index is 433. The average Bonchev–Trinajstić information content (AvgIpc) is 3.02. The van der Waals surface area contributed by atoms with E-state index in [0.717, 1.165) is 42.6 Å². The zero-order valence-corrected chi connectivity index (χ0v) is 14.6. The van der Waals surface area contributed by atoms with Gasteiger partial charge in [-0.05, 0) is 62.4 Å². The number of hydrogen-bond donors (Lipinski definition) is 1. The van der Waals surface area contributed by atoms with Gasteiger partial charge in [-0.3, -0.25) is 0 Å². The lowest BCUT2D eigenvalue weighted by molar-refractivity contribution is 0.0995. The standard InChI is InChI=1S/C17H26BrNO2/c1-3-10-19-17(9-7-13-5-4-11-21-13)15-12-14(20-2)6-8-16(15)18/h6,8,12-13,17,19H,3-5,7,9-11H2,1-2H3. The second-order valence-electron chi connectivity index (χ2n) is 5.61. The van der Waals surface area contributed by atoms with E-state index in [1.54, 1.807) is 7.11 Å². The third kappa shape index (κ3) is 4.97. The van der Waals surface area contributed by atoms with Crippen molar-refractivity contribution in [3.8, 4) is 5.75 Å². The fourth-order valence-corrected chi connectivity index (χ4v) is 3.35. The Hall–Kier alpha value is -0.580. The van der Waals surface area contributed by atoms with Crippen LogP contribution in [-0.2, 0) is 4.74 Å². The zero-order valence-electron chi connectivity index (χ0n) is 13.0. The van der Waals surface area contributed by atoms with Gasteiger partial charge in [-0.1, -0.05) is 22.9 Å². The molecule has 1 N–H and O–H groups in total. The molecule has 1 saturated heterocycles. The molecular formula is C17H26BrNO2. The highest BCUT2D eigenvalue weighted by Crippen LogP contribution is 2.31. The molecule has 0 aliphatic carbocycles. The van der Waals surface area contributed by atoms with E-state index in [0.29, 0.717) is 12.1 Å². The third-order valence-corrected chi connectivity index (χ3v) is 4.74. The topological polar surface area (TPSA) is 30.5 Å². The molecular weight excluding hydrogens is 330 g/mol. The summed E-state index contributed by atoms with van der Waals surface area (Å²) in [6.45, 7) is 4.16. The molecule has 1 aliphatic rings. The van der Waals surface area contributed by atoms with Gasteiger partial charge >= 0.3 is 0 Å². The second kappa shape index (κ2) is 8.76. The first kappa shape index (κ1) is 16.8. The fraction of sp³-hybridized carbons (Fsp3) is 0.647. The molecule has 0 aromatic heterocycles. The number of rotatable bonds is 8. The van der Waals surface area contributed by atoms with E-state index in [9.17, 15) is 0 Å². The number of halogens is 1. The van der Waals surface area contributed by atoms with Crippen LogP contribution in [0.15, 0.2) is 22.7 Å². The molecule has 1 aliphatic heterocycles. The molecule has 1 aromatic rings. The Kier molecular flexibility index (Phi) is 7.00. The van der Waals surface area contributed by atoms with Crippen molar-refractivity contribution in [1.82, 2.24) is 5.32 Å². The number of benzene rings is 1. The van der Waals surface area contributed by atoms with Crippen molar-refractivity contribution >= 4 is 15.9 Å². The lowest BCUT2D eigenvalue weighted by atomic mass is 9.98. The van der Waals surface area contributed by atoms with Crippen molar-refractivity contribution in [3.05, 3.63) is 28.2 Å². The van der Waals surface area contributed by atoms with Crippen molar-refractivity contribution in [2.45, 2.75) is 51.2 Å². The van der Waals surface area contributed by atoms with Gasteiger partial charge in [0, 0.05) is 17.1 Å². The van der Waals surface area contributed by atoms with E-state index >= 15 is 0 Å². The van der Waals surface area contributed by atoms with Gasteiger partial charge in [0.1, 0.15) is 5.75 Å². The second-order valence-corrected chi connectivity index (χ2v) is 6.46.